The summed E-state index contributed by atoms with van der Waals surface area (Å²) in [5, 5.41) is 2.63. The fraction of sp³-hybridized carbons (Fsp3) is 0.400. The lowest BCUT2D eigenvalue weighted by Gasteiger charge is -2.22. The van der Waals surface area contributed by atoms with Gasteiger partial charge in [0, 0.05) is 0 Å². The first-order valence-corrected chi connectivity index (χ1v) is 6.90. The summed E-state index contributed by atoms with van der Waals surface area (Å²) in [6.45, 7) is 3.31. The summed E-state index contributed by atoms with van der Waals surface area (Å²) in [6, 6.07) is 6.95. The van der Waals surface area contributed by atoms with Crippen molar-refractivity contribution in [3.8, 4) is 0 Å². The van der Waals surface area contributed by atoms with E-state index in [2.05, 4.69) is 12.2 Å². The maximum absolute atomic E-state index is 12.4. The molecule has 1 atom stereocenters. The zero-order chi connectivity index (χ0) is 15.6. The van der Waals surface area contributed by atoms with Gasteiger partial charge in [0.2, 0.25) is 5.91 Å². The van der Waals surface area contributed by atoms with Gasteiger partial charge in [0.1, 0.15) is 12.1 Å². The number of hydrogen-bond donors (Lipinski definition) is 2. The Labute approximate surface area is 123 Å². The van der Waals surface area contributed by atoms with E-state index >= 15 is 0 Å². The van der Waals surface area contributed by atoms with Crippen molar-refractivity contribution in [3.05, 3.63) is 35.4 Å². The molecule has 4 amide bonds. The average molecular weight is 289 g/mol. The number of rotatable bonds is 5. The molecular weight excluding hydrogens is 270 g/mol. The molecule has 1 saturated heterocycles. The molecular formula is C15H19N3O3. The van der Waals surface area contributed by atoms with E-state index in [-0.39, 0.29) is 0 Å². The van der Waals surface area contributed by atoms with Gasteiger partial charge in [-0.1, -0.05) is 37.6 Å². The average Bonchev–Trinajstić information content (AvgIpc) is 2.64. The fourth-order valence-electron chi connectivity index (χ4n) is 2.49. The Morgan fingerprint density at radius 1 is 1.29 bits per heavy atom. The number of carbonyl (C=O) groups is 3. The number of amides is 4. The van der Waals surface area contributed by atoms with Crippen molar-refractivity contribution in [1.29, 1.82) is 0 Å². The quantitative estimate of drug-likeness (QED) is 0.788. The minimum Gasteiger partial charge on any atom is -0.368 e. The standard InChI is InChI=1S/C15H19N3O3/c1-3-4-10-5-7-11(8-6-10)15(2)13(20)18(9-12(16)19)14(21)17-15/h5-8H,3-4,9H2,1-2H3,(H2,16,19)(H,17,21). The molecule has 1 heterocycles. The maximum atomic E-state index is 12.4. The Morgan fingerprint density at radius 2 is 1.90 bits per heavy atom. The highest BCUT2D eigenvalue weighted by Gasteiger charge is 2.49. The molecule has 6 heteroatoms. The van der Waals surface area contributed by atoms with Crippen molar-refractivity contribution in [2.24, 2.45) is 5.73 Å². The molecule has 1 aliphatic rings. The lowest BCUT2D eigenvalue weighted by atomic mass is 9.91. The van der Waals surface area contributed by atoms with Gasteiger partial charge in [0.05, 0.1) is 0 Å². The molecule has 0 radical (unpaired) electrons. The minimum atomic E-state index is -1.16. The molecule has 3 N–H and O–H groups in total. The molecule has 0 aliphatic carbocycles. The largest absolute Gasteiger partial charge is 0.368 e. The zero-order valence-corrected chi connectivity index (χ0v) is 12.2. The number of benzene rings is 1. The fourth-order valence-corrected chi connectivity index (χ4v) is 2.49. The van der Waals surface area contributed by atoms with Crippen LogP contribution in [0.2, 0.25) is 0 Å². The van der Waals surface area contributed by atoms with Crippen molar-refractivity contribution in [2.75, 3.05) is 6.54 Å². The van der Waals surface area contributed by atoms with Crippen LogP contribution in [-0.4, -0.2) is 29.3 Å². The van der Waals surface area contributed by atoms with Gasteiger partial charge in [-0.3, -0.25) is 14.5 Å². The lowest BCUT2D eigenvalue weighted by molar-refractivity contribution is -0.134. The Balaban J connectivity index is 2.27. The third-order valence-corrected chi connectivity index (χ3v) is 3.66. The van der Waals surface area contributed by atoms with Gasteiger partial charge in [-0.25, -0.2) is 4.79 Å². The number of nitrogens with zero attached hydrogens (tertiary/aromatic N) is 1. The first-order chi connectivity index (χ1) is 9.88. The highest BCUT2D eigenvalue weighted by atomic mass is 16.2. The van der Waals surface area contributed by atoms with E-state index in [9.17, 15) is 14.4 Å². The molecule has 1 aliphatic heterocycles. The highest BCUT2D eigenvalue weighted by molar-refractivity contribution is 6.09. The third kappa shape index (κ3) is 2.74. The molecule has 1 unspecified atom stereocenters. The van der Waals surface area contributed by atoms with Gasteiger partial charge in [-0.05, 0) is 24.5 Å². The van der Waals surface area contributed by atoms with Crippen LogP contribution in [0.5, 0.6) is 0 Å². The summed E-state index contributed by atoms with van der Waals surface area (Å²) in [5.74, 6) is -1.18. The van der Waals surface area contributed by atoms with Crippen LogP contribution in [0.15, 0.2) is 24.3 Å². The number of carbonyl (C=O) groups excluding carboxylic acids is 3. The van der Waals surface area contributed by atoms with E-state index in [1.54, 1.807) is 6.92 Å². The van der Waals surface area contributed by atoms with Crippen LogP contribution in [0.25, 0.3) is 0 Å². The Bertz CT molecular complexity index is 582. The number of aryl methyl sites for hydroxylation is 1. The smallest absolute Gasteiger partial charge is 0.325 e. The van der Waals surface area contributed by atoms with E-state index < -0.39 is 29.9 Å². The van der Waals surface area contributed by atoms with Crippen LogP contribution in [0.3, 0.4) is 0 Å². The second kappa shape index (κ2) is 5.55. The normalized spacial score (nSPS) is 21.5. The van der Waals surface area contributed by atoms with Crippen LogP contribution >= 0.6 is 0 Å². The van der Waals surface area contributed by atoms with Gasteiger partial charge >= 0.3 is 6.03 Å². The van der Waals surface area contributed by atoms with Crippen LogP contribution in [-0.2, 0) is 21.5 Å². The summed E-state index contributed by atoms with van der Waals surface area (Å²) in [5.41, 5.74) is 5.77. The SMILES string of the molecule is CCCc1ccc(C2(C)NC(=O)N(CC(N)=O)C2=O)cc1. The number of nitrogens with one attached hydrogen (secondary N) is 1. The van der Waals surface area contributed by atoms with Gasteiger partial charge in [-0.15, -0.1) is 0 Å². The molecule has 1 aromatic rings. The molecule has 1 fully saturated rings. The maximum Gasteiger partial charge on any atom is 0.325 e. The van der Waals surface area contributed by atoms with Gasteiger partial charge in [0.25, 0.3) is 5.91 Å². The second-order valence-electron chi connectivity index (χ2n) is 5.36. The van der Waals surface area contributed by atoms with Crippen molar-refractivity contribution >= 4 is 17.8 Å². The Morgan fingerprint density at radius 3 is 2.43 bits per heavy atom. The predicted molar refractivity (Wildman–Crippen MR) is 77.2 cm³/mol. The van der Waals surface area contributed by atoms with Gasteiger partial charge in [-0.2, -0.15) is 0 Å². The molecule has 0 aromatic heterocycles. The number of nitrogens with two attached hydrogens (primary N) is 1. The van der Waals surface area contributed by atoms with Crippen molar-refractivity contribution < 1.29 is 14.4 Å². The van der Waals surface area contributed by atoms with Crippen LogP contribution in [0.1, 0.15) is 31.4 Å². The lowest BCUT2D eigenvalue weighted by Crippen LogP contribution is -2.42. The van der Waals surface area contributed by atoms with Crippen LogP contribution in [0.4, 0.5) is 4.79 Å². The number of hydrogen-bond acceptors (Lipinski definition) is 3. The Hall–Kier alpha value is -2.37. The van der Waals surface area contributed by atoms with Crippen molar-refractivity contribution in [3.63, 3.8) is 0 Å². The molecule has 21 heavy (non-hydrogen) atoms. The molecule has 6 nitrogen and oxygen atoms in total. The van der Waals surface area contributed by atoms with E-state index in [0.29, 0.717) is 5.56 Å². The first kappa shape index (κ1) is 15.0. The second-order valence-corrected chi connectivity index (χ2v) is 5.36. The molecule has 1 aromatic carbocycles. The van der Waals surface area contributed by atoms with Crippen molar-refractivity contribution in [1.82, 2.24) is 10.2 Å². The first-order valence-electron chi connectivity index (χ1n) is 6.90. The zero-order valence-electron chi connectivity index (χ0n) is 12.2. The van der Waals surface area contributed by atoms with E-state index in [1.165, 1.54) is 5.56 Å². The molecule has 0 bridgehead atoms. The summed E-state index contributed by atoms with van der Waals surface area (Å²) >= 11 is 0. The molecule has 0 saturated carbocycles. The molecule has 2 rings (SSSR count). The molecule has 0 spiro atoms. The number of primary amides is 1. The monoisotopic (exact) mass is 289 g/mol. The summed E-state index contributed by atoms with van der Waals surface area (Å²) < 4.78 is 0. The van der Waals surface area contributed by atoms with Crippen molar-refractivity contribution in [2.45, 2.75) is 32.2 Å². The van der Waals surface area contributed by atoms with Crippen LogP contribution in [0, 0.1) is 0 Å². The van der Waals surface area contributed by atoms with Gasteiger partial charge < -0.3 is 11.1 Å². The highest BCUT2D eigenvalue weighted by Crippen LogP contribution is 2.28. The summed E-state index contributed by atoms with van der Waals surface area (Å²) in [7, 11) is 0. The predicted octanol–water partition coefficient (Wildman–Crippen LogP) is 0.891. The van der Waals surface area contributed by atoms with E-state index in [0.717, 1.165) is 17.7 Å². The van der Waals surface area contributed by atoms with E-state index in [4.69, 9.17) is 5.73 Å². The topological polar surface area (TPSA) is 92.5 Å². The molecule has 112 valence electrons. The minimum absolute atomic E-state index is 0.409. The summed E-state index contributed by atoms with van der Waals surface area (Å²) in [4.78, 5) is 36.1. The van der Waals surface area contributed by atoms with Gasteiger partial charge in [0.15, 0.2) is 0 Å². The number of urea groups is 1. The number of imide groups is 1. The summed E-state index contributed by atoms with van der Waals surface area (Å²) in [6.07, 6.45) is 2.00. The van der Waals surface area contributed by atoms with Crippen LogP contribution < -0.4 is 11.1 Å². The van der Waals surface area contributed by atoms with E-state index in [1.807, 2.05) is 24.3 Å². The Kier molecular flexibility index (Phi) is 3.97. The third-order valence-electron chi connectivity index (χ3n) is 3.66.